The predicted octanol–water partition coefficient (Wildman–Crippen LogP) is 4.05. The van der Waals surface area contributed by atoms with E-state index in [1.807, 2.05) is 66.7 Å². The molecule has 0 spiro atoms. The molecule has 0 fully saturated rings. The van der Waals surface area contributed by atoms with Crippen LogP contribution in [0.4, 0.5) is 5.82 Å². The Morgan fingerprint density at radius 1 is 0.708 bits per heavy atom. The number of benzene rings is 2. The maximum Gasteiger partial charge on any atom is 0.252 e. The number of aromatic nitrogens is 3. The van der Waals surface area contributed by atoms with Gasteiger partial charge >= 0.3 is 0 Å². The molecule has 0 bridgehead atoms. The van der Waals surface area contributed by atoms with Crippen LogP contribution in [0.1, 0.15) is 0 Å². The van der Waals surface area contributed by atoms with Crippen LogP contribution in [0.3, 0.4) is 0 Å². The molecule has 0 saturated heterocycles. The quantitative estimate of drug-likeness (QED) is 0.617. The largest absolute Gasteiger partial charge is 0.416 e. The van der Waals surface area contributed by atoms with Gasteiger partial charge in [-0.3, -0.25) is 0 Å². The van der Waals surface area contributed by atoms with Gasteiger partial charge in [-0.15, -0.1) is 10.2 Å². The Bertz CT molecular complexity index is 965. The predicted molar refractivity (Wildman–Crippen MR) is 92.8 cm³/mol. The third-order valence-corrected chi connectivity index (χ3v) is 3.72. The fourth-order valence-corrected chi connectivity index (χ4v) is 2.58. The lowest BCUT2D eigenvalue weighted by Crippen LogP contribution is -1.96. The van der Waals surface area contributed by atoms with Gasteiger partial charge < -0.3 is 10.2 Å². The van der Waals surface area contributed by atoms with Crippen LogP contribution in [0.2, 0.25) is 0 Å². The zero-order valence-electron chi connectivity index (χ0n) is 12.8. The SMILES string of the molecule is Nc1nccc(-c2ccccc2)c1-c1nnc(-c2ccccc2)o1. The van der Waals surface area contributed by atoms with E-state index >= 15 is 0 Å². The number of rotatable bonds is 3. The molecule has 0 aliphatic carbocycles. The highest BCUT2D eigenvalue weighted by atomic mass is 16.4. The Labute approximate surface area is 138 Å². The van der Waals surface area contributed by atoms with Crippen molar-refractivity contribution in [3.8, 4) is 34.0 Å². The first-order chi connectivity index (χ1) is 11.8. The number of anilines is 1. The maximum atomic E-state index is 6.10. The highest BCUT2D eigenvalue weighted by molar-refractivity contribution is 5.86. The smallest absolute Gasteiger partial charge is 0.252 e. The molecule has 0 amide bonds. The zero-order valence-corrected chi connectivity index (χ0v) is 12.8. The van der Waals surface area contributed by atoms with Gasteiger partial charge in [0.25, 0.3) is 5.89 Å². The minimum atomic E-state index is 0.360. The Hall–Kier alpha value is -3.47. The lowest BCUT2D eigenvalue weighted by molar-refractivity contribution is 0.585. The first-order valence-electron chi connectivity index (χ1n) is 7.52. The van der Waals surface area contributed by atoms with E-state index in [1.165, 1.54) is 0 Å². The van der Waals surface area contributed by atoms with E-state index in [0.29, 0.717) is 23.2 Å². The van der Waals surface area contributed by atoms with Crippen molar-refractivity contribution in [1.29, 1.82) is 0 Å². The number of nitrogens with two attached hydrogens (primary N) is 1. The Morgan fingerprint density at radius 3 is 2.04 bits per heavy atom. The van der Waals surface area contributed by atoms with Crippen LogP contribution in [-0.4, -0.2) is 15.2 Å². The summed E-state index contributed by atoms with van der Waals surface area (Å²) >= 11 is 0. The number of hydrogen-bond donors (Lipinski definition) is 1. The Morgan fingerprint density at radius 2 is 1.33 bits per heavy atom. The molecule has 2 heterocycles. The molecule has 0 unspecified atom stereocenters. The molecule has 0 atom stereocenters. The molecule has 5 nitrogen and oxygen atoms in total. The summed E-state index contributed by atoms with van der Waals surface area (Å²) in [6.45, 7) is 0. The van der Waals surface area contributed by atoms with Crippen molar-refractivity contribution < 1.29 is 4.42 Å². The number of hydrogen-bond acceptors (Lipinski definition) is 5. The normalized spacial score (nSPS) is 10.7. The molecular formula is C19H14N4O. The number of nitrogens with zero attached hydrogens (tertiary/aromatic N) is 3. The highest BCUT2D eigenvalue weighted by Gasteiger charge is 2.18. The van der Waals surface area contributed by atoms with Crippen LogP contribution in [0.15, 0.2) is 77.3 Å². The van der Waals surface area contributed by atoms with E-state index < -0.39 is 0 Å². The monoisotopic (exact) mass is 314 g/mol. The lowest BCUT2D eigenvalue weighted by atomic mass is 10.0. The topological polar surface area (TPSA) is 77.8 Å². The van der Waals surface area contributed by atoms with Crippen molar-refractivity contribution in [2.45, 2.75) is 0 Å². The van der Waals surface area contributed by atoms with Gasteiger partial charge in [-0.25, -0.2) is 4.98 Å². The summed E-state index contributed by atoms with van der Waals surface area (Å²) in [5, 5.41) is 8.31. The fraction of sp³-hybridized carbons (Fsp3) is 0. The van der Waals surface area contributed by atoms with E-state index in [9.17, 15) is 0 Å². The first-order valence-corrected chi connectivity index (χ1v) is 7.52. The van der Waals surface area contributed by atoms with Crippen LogP contribution in [0, 0.1) is 0 Å². The van der Waals surface area contributed by atoms with E-state index in [-0.39, 0.29) is 0 Å². The van der Waals surface area contributed by atoms with Crippen LogP contribution < -0.4 is 5.73 Å². The summed E-state index contributed by atoms with van der Waals surface area (Å²) in [6.07, 6.45) is 1.68. The minimum absolute atomic E-state index is 0.360. The highest BCUT2D eigenvalue weighted by Crippen LogP contribution is 2.35. The Balaban J connectivity index is 1.85. The lowest BCUT2D eigenvalue weighted by Gasteiger charge is -2.08. The van der Waals surface area contributed by atoms with Crippen molar-refractivity contribution in [2.24, 2.45) is 0 Å². The van der Waals surface area contributed by atoms with Crippen molar-refractivity contribution in [3.63, 3.8) is 0 Å². The molecule has 4 rings (SSSR count). The molecule has 24 heavy (non-hydrogen) atoms. The molecule has 2 aromatic heterocycles. The van der Waals surface area contributed by atoms with Crippen LogP contribution in [-0.2, 0) is 0 Å². The van der Waals surface area contributed by atoms with E-state index in [2.05, 4.69) is 15.2 Å². The molecule has 2 N–H and O–H groups in total. The summed E-state index contributed by atoms with van der Waals surface area (Å²) in [5.74, 6) is 1.17. The first kappa shape index (κ1) is 14.1. The van der Waals surface area contributed by atoms with Gasteiger partial charge in [0, 0.05) is 11.8 Å². The molecule has 2 aromatic carbocycles. The number of pyridine rings is 1. The molecule has 0 saturated carbocycles. The molecule has 0 aliphatic rings. The van der Waals surface area contributed by atoms with Gasteiger partial charge in [0.1, 0.15) is 5.82 Å². The minimum Gasteiger partial charge on any atom is -0.416 e. The van der Waals surface area contributed by atoms with Crippen molar-refractivity contribution in [2.75, 3.05) is 5.73 Å². The van der Waals surface area contributed by atoms with Gasteiger partial charge in [0.15, 0.2) is 0 Å². The second-order valence-electron chi connectivity index (χ2n) is 5.26. The van der Waals surface area contributed by atoms with Crippen LogP contribution in [0.5, 0.6) is 0 Å². The summed E-state index contributed by atoms with van der Waals surface area (Å²) < 4.78 is 5.86. The van der Waals surface area contributed by atoms with E-state index in [4.69, 9.17) is 10.2 Å². The number of nitrogen functional groups attached to an aromatic ring is 1. The second-order valence-corrected chi connectivity index (χ2v) is 5.26. The average molecular weight is 314 g/mol. The standard InChI is InChI=1S/C19H14N4O/c20-17-16(15(11-12-21-17)13-7-3-1-4-8-13)19-23-22-18(24-19)14-9-5-2-6-10-14/h1-12H,(H2,20,21). The Kier molecular flexibility index (Phi) is 3.51. The molecule has 5 heteroatoms. The van der Waals surface area contributed by atoms with Gasteiger partial charge in [-0.05, 0) is 29.3 Å². The zero-order chi connectivity index (χ0) is 16.4. The van der Waals surface area contributed by atoms with E-state index in [0.717, 1.165) is 16.7 Å². The summed E-state index contributed by atoms with van der Waals surface area (Å²) in [7, 11) is 0. The molecule has 0 aliphatic heterocycles. The third-order valence-electron chi connectivity index (χ3n) is 3.72. The summed E-state index contributed by atoms with van der Waals surface area (Å²) in [4.78, 5) is 4.17. The van der Waals surface area contributed by atoms with Crippen molar-refractivity contribution in [3.05, 3.63) is 72.9 Å². The molecule has 4 aromatic rings. The summed E-state index contributed by atoms with van der Waals surface area (Å²) in [5.41, 5.74) is 9.54. The fourth-order valence-electron chi connectivity index (χ4n) is 2.58. The molecule has 0 radical (unpaired) electrons. The third kappa shape index (κ3) is 2.52. The maximum absolute atomic E-state index is 6.10. The van der Waals surface area contributed by atoms with Gasteiger partial charge in [0.2, 0.25) is 5.89 Å². The van der Waals surface area contributed by atoms with Crippen LogP contribution in [0.25, 0.3) is 34.0 Å². The van der Waals surface area contributed by atoms with Gasteiger partial charge in [0.05, 0.1) is 5.56 Å². The van der Waals surface area contributed by atoms with Crippen molar-refractivity contribution in [1.82, 2.24) is 15.2 Å². The van der Waals surface area contributed by atoms with E-state index in [1.54, 1.807) is 6.20 Å². The molecule has 116 valence electrons. The van der Waals surface area contributed by atoms with Crippen LogP contribution >= 0.6 is 0 Å². The summed E-state index contributed by atoms with van der Waals surface area (Å²) in [6, 6.07) is 21.4. The van der Waals surface area contributed by atoms with Gasteiger partial charge in [-0.2, -0.15) is 0 Å². The second kappa shape index (κ2) is 5.96. The molecular weight excluding hydrogens is 300 g/mol. The average Bonchev–Trinajstić information content (AvgIpc) is 3.13. The van der Waals surface area contributed by atoms with Crippen molar-refractivity contribution >= 4 is 5.82 Å². The van der Waals surface area contributed by atoms with Gasteiger partial charge in [-0.1, -0.05) is 48.5 Å².